The summed E-state index contributed by atoms with van der Waals surface area (Å²) >= 11 is 1.53. The second kappa shape index (κ2) is 8.54. The Kier molecular flexibility index (Phi) is 5.92. The topological polar surface area (TPSA) is 54.0 Å². The molecule has 0 aliphatic heterocycles. The van der Waals surface area contributed by atoms with Gasteiger partial charge in [-0.15, -0.1) is 0 Å². The summed E-state index contributed by atoms with van der Waals surface area (Å²) in [4.78, 5) is 17.7. The first kappa shape index (κ1) is 18.0. The fourth-order valence-electron chi connectivity index (χ4n) is 2.48. The number of rotatable bonds is 6. The summed E-state index contributed by atoms with van der Waals surface area (Å²) in [5.74, 6) is -0.0964. The Hall–Kier alpha value is -2.79. The van der Waals surface area contributed by atoms with E-state index in [1.165, 1.54) is 17.5 Å². The van der Waals surface area contributed by atoms with Crippen molar-refractivity contribution in [2.24, 2.45) is 0 Å². The number of pyridine rings is 1. The molecule has 1 heterocycles. The highest BCUT2D eigenvalue weighted by atomic mass is 32.2. The van der Waals surface area contributed by atoms with E-state index in [0.29, 0.717) is 12.1 Å². The van der Waals surface area contributed by atoms with Gasteiger partial charge in [-0.1, -0.05) is 23.8 Å². The third kappa shape index (κ3) is 5.10. The summed E-state index contributed by atoms with van der Waals surface area (Å²) in [6.45, 7) is 4.51. The highest BCUT2D eigenvalue weighted by Gasteiger charge is 2.08. The van der Waals surface area contributed by atoms with Gasteiger partial charge in [-0.3, -0.25) is 9.78 Å². The number of nitrogens with zero attached hydrogens (tertiary/aromatic N) is 1. The largest absolute Gasteiger partial charge is 0.348 e. The maximum atomic E-state index is 12.5. The average molecular weight is 363 g/mol. The molecular weight excluding hydrogens is 342 g/mol. The Labute approximate surface area is 158 Å². The number of anilines is 1. The van der Waals surface area contributed by atoms with Crippen LogP contribution in [0.25, 0.3) is 0 Å². The first-order chi connectivity index (χ1) is 12.6. The lowest BCUT2D eigenvalue weighted by Gasteiger charge is -2.10. The van der Waals surface area contributed by atoms with Gasteiger partial charge in [-0.2, -0.15) is 0 Å². The van der Waals surface area contributed by atoms with Crippen molar-refractivity contribution in [1.29, 1.82) is 0 Å². The number of aromatic nitrogens is 1. The van der Waals surface area contributed by atoms with Crippen molar-refractivity contribution in [3.63, 3.8) is 0 Å². The number of benzene rings is 2. The second-order valence-electron chi connectivity index (χ2n) is 6.15. The van der Waals surface area contributed by atoms with Gasteiger partial charge in [-0.25, -0.2) is 0 Å². The van der Waals surface area contributed by atoms with Gasteiger partial charge in [0.15, 0.2) is 0 Å². The molecule has 0 atom stereocenters. The summed E-state index contributed by atoms with van der Waals surface area (Å²) in [6.07, 6.45) is 3.47. The fraction of sp³-hybridized carbons (Fsp3) is 0.143. The van der Waals surface area contributed by atoms with Crippen LogP contribution in [0.5, 0.6) is 0 Å². The molecule has 0 aliphatic carbocycles. The van der Waals surface area contributed by atoms with Crippen molar-refractivity contribution < 1.29 is 4.79 Å². The predicted octanol–water partition coefficient (Wildman–Crippen LogP) is 4.75. The molecule has 0 aliphatic rings. The van der Waals surface area contributed by atoms with Crippen LogP contribution in [-0.4, -0.2) is 10.9 Å². The number of amides is 1. The lowest BCUT2D eigenvalue weighted by Crippen LogP contribution is -2.23. The molecule has 2 N–H and O–H groups in total. The number of hydrogen-bond donors (Lipinski definition) is 2. The van der Waals surface area contributed by atoms with Crippen molar-refractivity contribution in [3.8, 4) is 0 Å². The third-order valence-corrected chi connectivity index (χ3v) is 4.67. The molecule has 132 valence electrons. The Morgan fingerprint density at radius 3 is 2.58 bits per heavy atom. The van der Waals surface area contributed by atoms with Crippen LogP contribution < -0.4 is 10.0 Å². The van der Waals surface area contributed by atoms with E-state index < -0.39 is 0 Å². The van der Waals surface area contributed by atoms with Crippen molar-refractivity contribution in [3.05, 3.63) is 89.2 Å². The lowest BCUT2D eigenvalue weighted by atomic mass is 10.1. The van der Waals surface area contributed by atoms with Crippen molar-refractivity contribution in [1.82, 2.24) is 10.3 Å². The Morgan fingerprint density at radius 2 is 1.85 bits per heavy atom. The molecule has 2 aromatic carbocycles. The predicted molar refractivity (Wildman–Crippen MR) is 107 cm³/mol. The van der Waals surface area contributed by atoms with Gasteiger partial charge in [0.2, 0.25) is 0 Å². The summed E-state index contributed by atoms with van der Waals surface area (Å²) in [5, 5.41) is 2.94. The normalized spacial score (nSPS) is 10.4. The monoisotopic (exact) mass is 363 g/mol. The summed E-state index contributed by atoms with van der Waals surface area (Å²) in [7, 11) is 0. The summed E-state index contributed by atoms with van der Waals surface area (Å²) in [5.41, 5.74) is 4.79. The molecule has 3 rings (SSSR count). The Morgan fingerprint density at radius 1 is 1.04 bits per heavy atom. The van der Waals surface area contributed by atoms with Crippen LogP contribution in [0.2, 0.25) is 0 Å². The minimum atomic E-state index is -0.0964. The fourth-order valence-corrected chi connectivity index (χ4v) is 3.11. The minimum Gasteiger partial charge on any atom is -0.348 e. The zero-order valence-corrected chi connectivity index (χ0v) is 15.6. The Bertz CT molecular complexity index is 880. The van der Waals surface area contributed by atoms with Crippen molar-refractivity contribution in [2.45, 2.75) is 25.3 Å². The quantitative estimate of drug-likeness (QED) is 0.621. The highest BCUT2D eigenvalue weighted by Crippen LogP contribution is 2.23. The van der Waals surface area contributed by atoms with Crippen LogP contribution in [-0.2, 0) is 6.54 Å². The summed E-state index contributed by atoms with van der Waals surface area (Å²) in [6, 6.07) is 17.9. The van der Waals surface area contributed by atoms with Crippen molar-refractivity contribution >= 4 is 23.5 Å². The van der Waals surface area contributed by atoms with E-state index in [4.69, 9.17) is 0 Å². The van der Waals surface area contributed by atoms with Crippen LogP contribution in [0, 0.1) is 13.8 Å². The summed E-state index contributed by atoms with van der Waals surface area (Å²) < 4.78 is 3.32. The molecule has 1 aromatic heterocycles. The molecule has 0 radical (unpaired) electrons. The van der Waals surface area contributed by atoms with E-state index in [1.54, 1.807) is 12.4 Å². The molecule has 0 saturated carbocycles. The molecule has 1 amide bonds. The van der Waals surface area contributed by atoms with E-state index in [0.717, 1.165) is 21.7 Å². The number of hydrogen-bond acceptors (Lipinski definition) is 4. The molecule has 0 spiro atoms. The molecule has 5 heteroatoms. The molecule has 0 unspecified atom stereocenters. The zero-order chi connectivity index (χ0) is 18.4. The van der Waals surface area contributed by atoms with Crippen LogP contribution in [0.15, 0.2) is 71.9 Å². The van der Waals surface area contributed by atoms with Crippen LogP contribution in [0.4, 0.5) is 5.69 Å². The van der Waals surface area contributed by atoms with E-state index in [9.17, 15) is 4.79 Å². The van der Waals surface area contributed by atoms with E-state index in [2.05, 4.69) is 46.2 Å². The maximum absolute atomic E-state index is 12.5. The molecule has 3 aromatic rings. The van der Waals surface area contributed by atoms with Gasteiger partial charge >= 0.3 is 0 Å². The maximum Gasteiger partial charge on any atom is 0.251 e. The first-order valence-corrected chi connectivity index (χ1v) is 9.20. The SMILES string of the molecule is Cc1ccc(SNc2cc(C)cc(C(=O)NCc3cccnc3)c2)cc1. The molecule has 0 bridgehead atoms. The van der Waals surface area contributed by atoms with Gasteiger partial charge in [0, 0.05) is 35.1 Å². The number of nitrogens with one attached hydrogen (secondary N) is 2. The highest BCUT2D eigenvalue weighted by molar-refractivity contribution is 8.00. The van der Waals surface area contributed by atoms with E-state index in [1.807, 2.05) is 37.3 Å². The molecule has 0 saturated heterocycles. The van der Waals surface area contributed by atoms with Gasteiger partial charge < -0.3 is 10.0 Å². The molecule has 4 nitrogen and oxygen atoms in total. The minimum absolute atomic E-state index is 0.0964. The van der Waals surface area contributed by atoms with Crippen LogP contribution in [0.1, 0.15) is 27.0 Å². The van der Waals surface area contributed by atoms with Crippen molar-refractivity contribution in [2.75, 3.05) is 4.72 Å². The Balaban J connectivity index is 1.64. The lowest BCUT2D eigenvalue weighted by molar-refractivity contribution is 0.0951. The number of aryl methyl sites for hydroxylation is 2. The van der Waals surface area contributed by atoms with Gasteiger partial charge in [-0.05, 0) is 73.3 Å². The van der Waals surface area contributed by atoms with Gasteiger partial charge in [0.1, 0.15) is 0 Å². The standard InChI is InChI=1S/C21H21N3OS/c1-15-5-7-20(8-6-15)26-24-19-11-16(2)10-18(12-19)21(25)23-14-17-4-3-9-22-13-17/h3-13,24H,14H2,1-2H3,(H,23,25). The van der Waals surface area contributed by atoms with Gasteiger partial charge in [0.05, 0.1) is 0 Å². The second-order valence-corrected chi connectivity index (χ2v) is 7.03. The first-order valence-electron chi connectivity index (χ1n) is 8.38. The van der Waals surface area contributed by atoms with E-state index >= 15 is 0 Å². The number of carbonyl (C=O) groups excluding carboxylic acids is 1. The van der Waals surface area contributed by atoms with Crippen LogP contribution >= 0.6 is 11.9 Å². The van der Waals surface area contributed by atoms with E-state index in [-0.39, 0.29) is 5.91 Å². The smallest absolute Gasteiger partial charge is 0.251 e. The number of carbonyl (C=O) groups is 1. The molecule has 26 heavy (non-hydrogen) atoms. The van der Waals surface area contributed by atoms with Crippen LogP contribution in [0.3, 0.4) is 0 Å². The zero-order valence-electron chi connectivity index (χ0n) is 14.8. The molecule has 0 fully saturated rings. The average Bonchev–Trinajstić information content (AvgIpc) is 2.66. The molecular formula is C21H21N3OS. The third-order valence-electron chi connectivity index (χ3n) is 3.82. The van der Waals surface area contributed by atoms with Gasteiger partial charge in [0.25, 0.3) is 5.91 Å².